The molecule has 6 heteroatoms. The maximum Gasteiger partial charge on any atom is 0.317 e. The maximum absolute atomic E-state index is 10.1. The van der Waals surface area contributed by atoms with Gasteiger partial charge in [0.15, 0.2) is 0 Å². The van der Waals surface area contributed by atoms with E-state index in [1.807, 2.05) is 30.3 Å². The van der Waals surface area contributed by atoms with E-state index in [9.17, 15) is 10.2 Å². The van der Waals surface area contributed by atoms with Crippen LogP contribution in [-0.4, -0.2) is 20.2 Å². The van der Waals surface area contributed by atoms with E-state index in [1.165, 1.54) is 6.20 Å². The molecule has 0 bridgehead atoms. The summed E-state index contributed by atoms with van der Waals surface area (Å²) in [4.78, 5) is 7.40. The van der Waals surface area contributed by atoms with Crippen molar-refractivity contribution < 1.29 is 10.2 Å². The number of rotatable bonds is 3. The van der Waals surface area contributed by atoms with Crippen molar-refractivity contribution in [3.05, 3.63) is 81.5 Å². The van der Waals surface area contributed by atoms with E-state index in [1.54, 1.807) is 18.2 Å². The summed E-state index contributed by atoms with van der Waals surface area (Å²) < 4.78 is 0. The zero-order valence-corrected chi connectivity index (χ0v) is 13.3. The molecule has 0 amide bonds. The van der Waals surface area contributed by atoms with Crippen LogP contribution < -0.4 is 0 Å². The largest absolute Gasteiger partial charge is 0.493 e. The molecule has 0 radical (unpaired) electrons. The lowest BCUT2D eigenvalue weighted by Gasteiger charge is -2.20. The molecule has 2 aromatic carbocycles. The summed E-state index contributed by atoms with van der Waals surface area (Å²) in [6.45, 7) is 0. The van der Waals surface area contributed by atoms with Gasteiger partial charge in [0.2, 0.25) is 5.88 Å². The van der Waals surface area contributed by atoms with Crippen LogP contribution in [0.1, 0.15) is 22.6 Å². The Hall–Kier alpha value is -2.30. The first kappa shape index (κ1) is 15.6. The van der Waals surface area contributed by atoms with E-state index >= 15 is 0 Å². The van der Waals surface area contributed by atoms with Gasteiger partial charge in [-0.1, -0.05) is 59.6 Å². The molecule has 0 aliphatic rings. The van der Waals surface area contributed by atoms with Crippen LogP contribution in [0.4, 0.5) is 0 Å². The van der Waals surface area contributed by atoms with E-state index in [0.717, 1.165) is 11.1 Å². The van der Waals surface area contributed by atoms with Crippen LogP contribution in [-0.2, 0) is 0 Å². The van der Waals surface area contributed by atoms with E-state index in [-0.39, 0.29) is 11.8 Å². The van der Waals surface area contributed by atoms with Gasteiger partial charge in [-0.3, -0.25) is 0 Å². The molecular weight excluding hydrogens is 335 g/mol. The van der Waals surface area contributed by atoms with Crippen molar-refractivity contribution in [2.45, 2.75) is 5.92 Å². The molecule has 2 N–H and O–H groups in total. The summed E-state index contributed by atoms with van der Waals surface area (Å²) >= 11 is 12.3. The van der Waals surface area contributed by atoms with Crippen molar-refractivity contribution in [2.75, 3.05) is 0 Å². The lowest BCUT2D eigenvalue weighted by Crippen LogP contribution is -2.06. The highest BCUT2D eigenvalue weighted by Gasteiger charge is 2.24. The summed E-state index contributed by atoms with van der Waals surface area (Å²) in [5, 5.41) is 20.5. The van der Waals surface area contributed by atoms with Gasteiger partial charge in [0, 0.05) is 27.7 Å². The zero-order chi connectivity index (χ0) is 16.4. The van der Waals surface area contributed by atoms with E-state index < -0.39 is 6.01 Å². The summed E-state index contributed by atoms with van der Waals surface area (Å²) in [7, 11) is 0. The van der Waals surface area contributed by atoms with Crippen LogP contribution in [0.2, 0.25) is 10.0 Å². The molecule has 0 fully saturated rings. The minimum absolute atomic E-state index is 0.294. The van der Waals surface area contributed by atoms with Crippen molar-refractivity contribution >= 4 is 23.2 Å². The standard InChI is InChI=1S/C17H12Cl2N2O2/c18-11-6-7-12(14(19)8-11)15(10-4-2-1-3-5-10)13-9-20-17(23)21-16(13)22/h1-9,15H,(H2,20,21,22,23). The number of hydrogen-bond donors (Lipinski definition) is 2. The highest BCUT2D eigenvalue weighted by atomic mass is 35.5. The molecule has 0 aliphatic carbocycles. The third kappa shape index (κ3) is 3.23. The van der Waals surface area contributed by atoms with Gasteiger partial charge in [-0.05, 0) is 23.3 Å². The number of hydrogen-bond acceptors (Lipinski definition) is 4. The second-order valence-electron chi connectivity index (χ2n) is 4.96. The van der Waals surface area contributed by atoms with Crippen molar-refractivity contribution in [1.82, 2.24) is 9.97 Å². The van der Waals surface area contributed by atoms with Crippen molar-refractivity contribution in [3.8, 4) is 11.9 Å². The first-order valence-electron chi connectivity index (χ1n) is 6.81. The predicted molar refractivity (Wildman–Crippen MR) is 89.2 cm³/mol. The molecule has 0 saturated heterocycles. The van der Waals surface area contributed by atoms with Crippen LogP contribution >= 0.6 is 23.2 Å². The molecule has 4 nitrogen and oxygen atoms in total. The molecule has 1 atom stereocenters. The normalized spacial score (nSPS) is 12.1. The summed E-state index contributed by atoms with van der Waals surface area (Å²) in [6, 6.07) is 14.2. The number of nitrogens with zero attached hydrogens (tertiary/aromatic N) is 2. The van der Waals surface area contributed by atoms with Gasteiger partial charge in [-0.2, -0.15) is 4.98 Å². The lowest BCUT2D eigenvalue weighted by atomic mass is 9.86. The molecule has 0 saturated carbocycles. The second kappa shape index (κ2) is 6.44. The second-order valence-corrected chi connectivity index (χ2v) is 5.80. The Kier molecular flexibility index (Phi) is 4.37. The first-order valence-corrected chi connectivity index (χ1v) is 7.56. The number of aromatic hydroxyl groups is 2. The van der Waals surface area contributed by atoms with Gasteiger partial charge >= 0.3 is 6.01 Å². The van der Waals surface area contributed by atoms with Crippen LogP contribution in [0.15, 0.2) is 54.7 Å². The Bertz CT molecular complexity index is 790. The van der Waals surface area contributed by atoms with Crippen LogP contribution in [0.25, 0.3) is 0 Å². The van der Waals surface area contributed by atoms with E-state index in [2.05, 4.69) is 9.97 Å². The van der Waals surface area contributed by atoms with Crippen LogP contribution in [0.3, 0.4) is 0 Å². The SMILES string of the molecule is Oc1ncc(C(c2ccccc2)c2ccc(Cl)cc2Cl)c(O)n1. The average Bonchev–Trinajstić information content (AvgIpc) is 2.52. The molecule has 3 aromatic rings. The Balaban J connectivity index is 2.22. The molecule has 0 spiro atoms. The van der Waals surface area contributed by atoms with E-state index in [4.69, 9.17) is 23.2 Å². The van der Waals surface area contributed by atoms with E-state index in [0.29, 0.717) is 15.6 Å². The fourth-order valence-corrected chi connectivity index (χ4v) is 3.00. The molecule has 1 aromatic heterocycles. The minimum atomic E-state index is -0.486. The Labute approximate surface area is 143 Å². The maximum atomic E-state index is 10.1. The smallest absolute Gasteiger partial charge is 0.317 e. The average molecular weight is 347 g/mol. The van der Waals surface area contributed by atoms with Crippen LogP contribution in [0.5, 0.6) is 11.9 Å². The van der Waals surface area contributed by atoms with Crippen molar-refractivity contribution in [3.63, 3.8) is 0 Å². The molecule has 0 aliphatic heterocycles. The third-order valence-electron chi connectivity index (χ3n) is 3.50. The Morgan fingerprint density at radius 3 is 2.30 bits per heavy atom. The lowest BCUT2D eigenvalue weighted by molar-refractivity contribution is 0.392. The van der Waals surface area contributed by atoms with Gasteiger partial charge in [0.1, 0.15) is 0 Å². The Morgan fingerprint density at radius 2 is 1.65 bits per heavy atom. The quantitative estimate of drug-likeness (QED) is 0.738. The van der Waals surface area contributed by atoms with Gasteiger partial charge < -0.3 is 10.2 Å². The summed E-state index contributed by atoms with van der Waals surface area (Å²) in [5.74, 6) is -0.682. The number of benzene rings is 2. The van der Waals surface area contributed by atoms with Crippen LogP contribution in [0, 0.1) is 0 Å². The minimum Gasteiger partial charge on any atom is -0.493 e. The van der Waals surface area contributed by atoms with Gasteiger partial charge in [0.25, 0.3) is 0 Å². The highest BCUT2D eigenvalue weighted by molar-refractivity contribution is 6.35. The molecule has 23 heavy (non-hydrogen) atoms. The summed E-state index contributed by atoms with van der Waals surface area (Å²) in [5.41, 5.74) is 2.10. The summed E-state index contributed by atoms with van der Waals surface area (Å²) in [6.07, 6.45) is 1.39. The molecular formula is C17H12Cl2N2O2. The zero-order valence-electron chi connectivity index (χ0n) is 11.8. The fraction of sp³-hybridized carbons (Fsp3) is 0.0588. The third-order valence-corrected chi connectivity index (χ3v) is 4.06. The van der Waals surface area contributed by atoms with Gasteiger partial charge in [-0.15, -0.1) is 0 Å². The molecule has 116 valence electrons. The van der Waals surface area contributed by atoms with Crippen molar-refractivity contribution in [2.24, 2.45) is 0 Å². The molecule has 1 unspecified atom stereocenters. The Morgan fingerprint density at radius 1 is 0.913 bits per heavy atom. The topological polar surface area (TPSA) is 66.2 Å². The molecule has 1 heterocycles. The highest BCUT2D eigenvalue weighted by Crippen LogP contribution is 2.39. The number of halogens is 2. The van der Waals surface area contributed by atoms with Crippen molar-refractivity contribution in [1.29, 1.82) is 0 Å². The fourth-order valence-electron chi connectivity index (χ4n) is 2.48. The molecule has 3 rings (SSSR count). The number of aromatic nitrogens is 2. The first-order chi connectivity index (χ1) is 11.1. The van der Waals surface area contributed by atoms with Gasteiger partial charge in [0.05, 0.1) is 0 Å². The monoisotopic (exact) mass is 346 g/mol. The van der Waals surface area contributed by atoms with Gasteiger partial charge in [-0.25, -0.2) is 4.98 Å². The predicted octanol–water partition coefficient (Wildman–Crippen LogP) is 4.37.